The molecule has 0 atom stereocenters. The van der Waals surface area contributed by atoms with Crippen LogP contribution < -0.4 is 5.32 Å². The molecule has 0 aromatic carbocycles. The van der Waals surface area contributed by atoms with Crippen molar-refractivity contribution in [3.8, 4) is 0 Å². The zero-order chi connectivity index (χ0) is 11.4. The van der Waals surface area contributed by atoms with Gasteiger partial charge in [0.25, 0.3) is 0 Å². The van der Waals surface area contributed by atoms with Crippen LogP contribution in [-0.4, -0.2) is 16.5 Å². The molecule has 88 valence electrons. The molecular weight excluding hydrogens is 198 g/mol. The Bertz CT molecular complexity index is 347. The van der Waals surface area contributed by atoms with Crippen molar-refractivity contribution in [1.82, 2.24) is 9.97 Å². The summed E-state index contributed by atoms with van der Waals surface area (Å²) in [5.74, 6) is 1.86. The van der Waals surface area contributed by atoms with E-state index in [9.17, 15) is 0 Å². The Balaban J connectivity index is 1.88. The number of aryl methyl sites for hydroxylation is 1. The Kier molecular flexibility index (Phi) is 3.75. The van der Waals surface area contributed by atoms with Crippen molar-refractivity contribution in [2.75, 3.05) is 11.9 Å². The maximum absolute atomic E-state index is 4.34. The highest BCUT2D eigenvalue weighted by molar-refractivity contribution is 5.47. The van der Waals surface area contributed by atoms with Crippen molar-refractivity contribution < 1.29 is 0 Å². The second kappa shape index (κ2) is 5.28. The lowest BCUT2D eigenvalue weighted by atomic mass is 10.1. The number of rotatable bonds is 5. The fourth-order valence-electron chi connectivity index (χ4n) is 2.23. The predicted molar refractivity (Wildman–Crippen MR) is 66.6 cm³/mol. The molecule has 1 aromatic heterocycles. The highest BCUT2D eigenvalue weighted by Gasteiger charge is 2.16. The van der Waals surface area contributed by atoms with Crippen LogP contribution in [0.4, 0.5) is 5.82 Å². The lowest BCUT2D eigenvalue weighted by Gasteiger charge is -2.10. The third-order valence-electron chi connectivity index (χ3n) is 3.13. The Morgan fingerprint density at radius 2 is 2.19 bits per heavy atom. The van der Waals surface area contributed by atoms with Gasteiger partial charge in [-0.2, -0.15) is 0 Å². The molecule has 0 saturated carbocycles. The Hall–Kier alpha value is -1.12. The number of nitrogens with zero attached hydrogens (tertiary/aromatic N) is 2. The highest BCUT2D eigenvalue weighted by atomic mass is 15.0. The fraction of sp³-hybridized carbons (Fsp3) is 0.692. The average molecular weight is 219 g/mol. The Labute approximate surface area is 97.7 Å². The molecule has 0 saturated heterocycles. The van der Waals surface area contributed by atoms with Gasteiger partial charge in [0.05, 0.1) is 0 Å². The smallest absolute Gasteiger partial charge is 0.132 e. The average Bonchev–Trinajstić information content (AvgIpc) is 2.72. The van der Waals surface area contributed by atoms with Crippen LogP contribution >= 0.6 is 0 Å². The zero-order valence-corrected chi connectivity index (χ0v) is 10.3. The lowest BCUT2D eigenvalue weighted by Crippen LogP contribution is -2.07. The first kappa shape index (κ1) is 11.4. The summed E-state index contributed by atoms with van der Waals surface area (Å²) in [6.45, 7) is 5.56. The molecule has 1 aliphatic rings. The van der Waals surface area contributed by atoms with Gasteiger partial charge in [0.15, 0.2) is 0 Å². The van der Waals surface area contributed by atoms with E-state index < -0.39 is 0 Å². The molecule has 0 spiro atoms. The SMILES string of the molecule is CC(C)CCCNc1ncnc2c1CCC2. The Morgan fingerprint density at radius 3 is 3.00 bits per heavy atom. The summed E-state index contributed by atoms with van der Waals surface area (Å²) in [5.41, 5.74) is 2.61. The molecule has 0 bridgehead atoms. The van der Waals surface area contributed by atoms with Crippen molar-refractivity contribution in [3.63, 3.8) is 0 Å². The second-order valence-corrected chi connectivity index (χ2v) is 4.96. The van der Waals surface area contributed by atoms with Gasteiger partial charge in [-0.3, -0.25) is 0 Å². The summed E-state index contributed by atoms with van der Waals surface area (Å²) >= 11 is 0. The van der Waals surface area contributed by atoms with Gasteiger partial charge >= 0.3 is 0 Å². The molecule has 1 aromatic rings. The molecule has 3 nitrogen and oxygen atoms in total. The molecule has 2 rings (SSSR count). The summed E-state index contributed by atoms with van der Waals surface area (Å²) in [7, 11) is 0. The van der Waals surface area contributed by atoms with Crippen molar-refractivity contribution in [3.05, 3.63) is 17.6 Å². The third-order valence-corrected chi connectivity index (χ3v) is 3.13. The van der Waals surface area contributed by atoms with E-state index in [0.717, 1.165) is 31.1 Å². The zero-order valence-electron chi connectivity index (χ0n) is 10.3. The van der Waals surface area contributed by atoms with Gasteiger partial charge in [-0.1, -0.05) is 13.8 Å². The van der Waals surface area contributed by atoms with Gasteiger partial charge in [-0.25, -0.2) is 9.97 Å². The minimum atomic E-state index is 0.790. The van der Waals surface area contributed by atoms with Gasteiger partial charge in [0, 0.05) is 17.8 Å². The van der Waals surface area contributed by atoms with Crippen molar-refractivity contribution in [1.29, 1.82) is 0 Å². The molecule has 1 aliphatic carbocycles. The lowest BCUT2D eigenvalue weighted by molar-refractivity contribution is 0.566. The first-order valence-electron chi connectivity index (χ1n) is 6.34. The van der Waals surface area contributed by atoms with Crippen molar-refractivity contribution in [2.24, 2.45) is 5.92 Å². The van der Waals surface area contributed by atoms with Gasteiger partial charge in [-0.05, 0) is 38.0 Å². The second-order valence-electron chi connectivity index (χ2n) is 4.96. The normalized spacial score (nSPS) is 14.2. The van der Waals surface area contributed by atoms with E-state index in [0.29, 0.717) is 0 Å². The standard InChI is InChI=1S/C13H21N3/c1-10(2)5-4-8-14-13-11-6-3-7-12(11)15-9-16-13/h9-10H,3-8H2,1-2H3,(H,14,15,16). The summed E-state index contributed by atoms with van der Waals surface area (Å²) < 4.78 is 0. The number of hydrogen-bond donors (Lipinski definition) is 1. The first-order valence-corrected chi connectivity index (χ1v) is 6.34. The summed E-state index contributed by atoms with van der Waals surface area (Å²) in [6, 6.07) is 0. The highest BCUT2D eigenvalue weighted by Crippen LogP contribution is 2.24. The van der Waals surface area contributed by atoms with Gasteiger partial charge < -0.3 is 5.32 Å². The maximum Gasteiger partial charge on any atom is 0.132 e. The fourth-order valence-corrected chi connectivity index (χ4v) is 2.23. The third kappa shape index (κ3) is 2.71. The van der Waals surface area contributed by atoms with E-state index in [1.54, 1.807) is 6.33 Å². The number of fused-ring (bicyclic) bond motifs is 1. The summed E-state index contributed by atoms with van der Waals surface area (Å²) in [5, 5.41) is 3.45. The van der Waals surface area contributed by atoms with E-state index >= 15 is 0 Å². The van der Waals surface area contributed by atoms with Crippen LogP contribution in [0.3, 0.4) is 0 Å². The molecule has 3 heteroatoms. The number of nitrogens with one attached hydrogen (secondary N) is 1. The minimum Gasteiger partial charge on any atom is -0.370 e. The van der Waals surface area contributed by atoms with Gasteiger partial charge in [-0.15, -0.1) is 0 Å². The van der Waals surface area contributed by atoms with E-state index in [4.69, 9.17) is 0 Å². The molecule has 0 fully saturated rings. The molecule has 0 amide bonds. The molecular formula is C13H21N3. The van der Waals surface area contributed by atoms with Crippen molar-refractivity contribution >= 4 is 5.82 Å². The Morgan fingerprint density at radius 1 is 1.31 bits per heavy atom. The van der Waals surface area contributed by atoms with Crippen LogP contribution in [0.15, 0.2) is 6.33 Å². The van der Waals surface area contributed by atoms with Crippen molar-refractivity contribution in [2.45, 2.75) is 46.0 Å². The molecule has 1 heterocycles. The monoisotopic (exact) mass is 219 g/mol. The number of aromatic nitrogens is 2. The van der Waals surface area contributed by atoms with Crippen LogP contribution in [0.5, 0.6) is 0 Å². The first-order chi connectivity index (χ1) is 7.77. The summed E-state index contributed by atoms with van der Waals surface area (Å²) in [6.07, 6.45) is 7.68. The van der Waals surface area contributed by atoms with Crippen LogP contribution in [0.1, 0.15) is 44.4 Å². The van der Waals surface area contributed by atoms with E-state index in [1.807, 2.05) is 0 Å². The minimum absolute atomic E-state index is 0.790. The molecule has 0 unspecified atom stereocenters. The largest absolute Gasteiger partial charge is 0.370 e. The number of anilines is 1. The van der Waals surface area contributed by atoms with Crippen LogP contribution in [0.25, 0.3) is 0 Å². The molecule has 0 radical (unpaired) electrons. The predicted octanol–water partition coefficient (Wildman–Crippen LogP) is 2.81. The van der Waals surface area contributed by atoms with Crippen LogP contribution in [0.2, 0.25) is 0 Å². The van der Waals surface area contributed by atoms with Gasteiger partial charge in [0.1, 0.15) is 12.1 Å². The van der Waals surface area contributed by atoms with E-state index in [1.165, 1.54) is 30.5 Å². The maximum atomic E-state index is 4.34. The van der Waals surface area contributed by atoms with E-state index in [2.05, 4.69) is 29.1 Å². The molecule has 16 heavy (non-hydrogen) atoms. The van der Waals surface area contributed by atoms with E-state index in [-0.39, 0.29) is 0 Å². The van der Waals surface area contributed by atoms with Crippen LogP contribution in [-0.2, 0) is 12.8 Å². The quantitative estimate of drug-likeness (QED) is 0.774. The van der Waals surface area contributed by atoms with Gasteiger partial charge in [0.2, 0.25) is 0 Å². The molecule has 1 N–H and O–H groups in total. The van der Waals surface area contributed by atoms with Crippen LogP contribution in [0, 0.1) is 5.92 Å². The topological polar surface area (TPSA) is 37.8 Å². The number of hydrogen-bond acceptors (Lipinski definition) is 3. The molecule has 0 aliphatic heterocycles. The summed E-state index contributed by atoms with van der Waals surface area (Å²) in [4.78, 5) is 8.67.